The number of nitrogens with zero attached hydrogens (tertiary/aromatic N) is 3. The molecule has 4 rings (SSSR count). The third-order valence-corrected chi connectivity index (χ3v) is 8.64. The van der Waals surface area contributed by atoms with E-state index in [9.17, 15) is 4.79 Å². The molecule has 0 aliphatic carbocycles. The smallest absolute Gasteiger partial charge is 0.228 e. The summed E-state index contributed by atoms with van der Waals surface area (Å²) in [4.78, 5) is 24.9. The molecular formula is C25H32ClN3O3S3. The number of rotatable bonds is 11. The van der Waals surface area contributed by atoms with E-state index in [1.807, 2.05) is 17.0 Å². The van der Waals surface area contributed by atoms with Crippen molar-refractivity contribution in [1.82, 2.24) is 9.88 Å². The van der Waals surface area contributed by atoms with Crippen LogP contribution in [-0.4, -0.2) is 74.3 Å². The number of para-hydroxylation sites is 1. The Morgan fingerprint density at radius 2 is 1.97 bits per heavy atom. The highest BCUT2D eigenvalue weighted by molar-refractivity contribution is 7.99. The minimum atomic E-state index is 0. The maximum atomic E-state index is 13.4. The zero-order valence-electron chi connectivity index (χ0n) is 20.1. The molecule has 1 aliphatic rings. The number of hydrogen-bond acceptors (Lipinski definition) is 8. The number of methoxy groups -OCH3 is 1. The van der Waals surface area contributed by atoms with Crippen LogP contribution in [0, 0.1) is 0 Å². The van der Waals surface area contributed by atoms with Crippen molar-refractivity contribution in [3.05, 3.63) is 42.5 Å². The Bertz CT molecular complexity index is 1070. The number of anilines is 1. The average Bonchev–Trinajstić information content (AvgIpc) is 3.32. The van der Waals surface area contributed by atoms with Gasteiger partial charge in [0.1, 0.15) is 5.75 Å². The second-order valence-electron chi connectivity index (χ2n) is 7.93. The van der Waals surface area contributed by atoms with Crippen molar-refractivity contribution in [3.63, 3.8) is 0 Å². The van der Waals surface area contributed by atoms with Crippen molar-refractivity contribution < 1.29 is 14.3 Å². The van der Waals surface area contributed by atoms with Gasteiger partial charge in [-0.05, 0) is 54.8 Å². The predicted octanol–water partition coefficient (Wildman–Crippen LogP) is 5.69. The summed E-state index contributed by atoms with van der Waals surface area (Å²) >= 11 is 5.07. The fraction of sp³-hybridized carbons (Fsp3) is 0.440. The average molecular weight is 554 g/mol. The first-order chi connectivity index (χ1) is 16.7. The van der Waals surface area contributed by atoms with Crippen LogP contribution < -0.4 is 9.64 Å². The first-order valence-corrected chi connectivity index (χ1v) is 14.5. The molecule has 0 saturated carbocycles. The Labute approximate surface area is 226 Å². The third-order valence-electron chi connectivity index (χ3n) is 5.73. The van der Waals surface area contributed by atoms with Gasteiger partial charge in [-0.1, -0.05) is 17.4 Å². The van der Waals surface area contributed by atoms with Gasteiger partial charge in [0.15, 0.2) is 5.13 Å². The summed E-state index contributed by atoms with van der Waals surface area (Å²) in [6, 6.07) is 14.3. The van der Waals surface area contributed by atoms with Gasteiger partial charge >= 0.3 is 0 Å². The van der Waals surface area contributed by atoms with Gasteiger partial charge in [0, 0.05) is 42.4 Å². The molecule has 1 aliphatic heterocycles. The molecule has 0 bridgehead atoms. The molecule has 1 saturated heterocycles. The van der Waals surface area contributed by atoms with E-state index in [2.05, 4.69) is 41.5 Å². The number of thiazole rings is 1. The number of amides is 1. The Balaban J connectivity index is 0.00000342. The molecule has 0 spiro atoms. The van der Waals surface area contributed by atoms with Crippen LogP contribution in [0.1, 0.15) is 12.8 Å². The summed E-state index contributed by atoms with van der Waals surface area (Å²) < 4.78 is 11.8. The van der Waals surface area contributed by atoms with Gasteiger partial charge < -0.3 is 9.47 Å². The van der Waals surface area contributed by atoms with E-state index >= 15 is 0 Å². The normalized spacial score (nSPS) is 14.0. The van der Waals surface area contributed by atoms with E-state index < -0.39 is 0 Å². The number of fused-ring (bicyclic) bond motifs is 1. The number of carbonyl (C=O) groups excluding carboxylic acids is 1. The Hall–Kier alpha value is -1.49. The van der Waals surface area contributed by atoms with Crippen molar-refractivity contribution in [3.8, 4) is 5.75 Å². The SMILES string of the molecule is COc1ccc(SCCCC(=O)N(CCN2CCOCC2)c2nc3c(SC)cccc3s2)cc1.Cl. The van der Waals surface area contributed by atoms with Crippen molar-refractivity contribution in [2.45, 2.75) is 22.6 Å². The molecule has 0 atom stereocenters. The van der Waals surface area contributed by atoms with Gasteiger partial charge in [0.25, 0.3) is 0 Å². The van der Waals surface area contributed by atoms with Crippen molar-refractivity contribution >= 4 is 68.5 Å². The van der Waals surface area contributed by atoms with Crippen LogP contribution in [0.2, 0.25) is 0 Å². The topological polar surface area (TPSA) is 54.9 Å². The molecule has 3 aromatic rings. The lowest BCUT2D eigenvalue weighted by molar-refractivity contribution is -0.118. The first-order valence-electron chi connectivity index (χ1n) is 11.5. The number of benzene rings is 2. The van der Waals surface area contributed by atoms with Gasteiger partial charge in [0.2, 0.25) is 5.91 Å². The largest absolute Gasteiger partial charge is 0.497 e. The van der Waals surface area contributed by atoms with E-state index in [0.29, 0.717) is 13.0 Å². The van der Waals surface area contributed by atoms with Gasteiger partial charge in [0.05, 0.1) is 30.5 Å². The number of ether oxygens (including phenoxy) is 2. The second kappa shape index (κ2) is 14.3. The molecule has 10 heteroatoms. The molecule has 6 nitrogen and oxygen atoms in total. The zero-order valence-corrected chi connectivity index (χ0v) is 23.4. The predicted molar refractivity (Wildman–Crippen MR) is 151 cm³/mol. The molecule has 2 heterocycles. The van der Waals surface area contributed by atoms with Crippen molar-refractivity contribution in [2.24, 2.45) is 0 Å². The number of morpholine rings is 1. The highest BCUT2D eigenvalue weighted by atomic mass is 35.5. The molecule has 35 heavy (non-hydrogen) atoms. The number of thioether (sulfide) groups is 2. The van der Waals surface area contributed by atoms with Crippen LogP contribution in [0.3, 0.4) is 0 Å². The molecule has 1 fully saturated rings. The molecule has 1 aromatic heterocycles. The summed E-state index contributed by atoms with van der Waals surface area (Å²) in [5.74, 6) is 1.90. The highest BCUT2D eigenvalue weighted by Crippen LogP contribution is 2.34. The first kappa shape index (κ1) is 28.1. The monoisotopic (exact) mass is 553 g/mol. The van der Waals surface area contributed by atoms with E-state index in [0.717, 1.165) is 71.0 Å². The van der Waals surface area contributed by atoms with Gasteiger partial charge in [-0.25, -0.2) is 4.98 Å². The van der Waals surface area contributed by atoms with Gasteiger partial charge in [-0.3, -0.25) is 14.6 Å². The second-order valence-corrected chi connectivity index (χ2v) is 11.0. The van der Waals surface area contributed by atoms with Crippen LogP contribution in [0.5, 0.6) is 5.75 Å². The molecule has 0 radical (unpaired) electrons. The van der Waals surface area contributed by atoms with E-state index in [4.69, 9.17) is 14.5 Å². The molecular weight excluding hydrogens is 522 g/mol. The number of halogens is 1. The van der Waals surface area contributed by atoms with E-state index in [1.54, 1.807) is 42.0 Å². The van der Waals surface area contributed by atoms with Crippen molar-refractivity contribution in [1.29, 1.82) is 0 Å². The van der Waals surface area contributed by atoms with E-state index in [1.165, 1.54) is 4.90 Å². The fourth-order valence-electron chi connectivity index (χ4n) is 3.81. The minimum absolute atomic E-state index is 0. The third kappa shape index (κ3) is 7.74. The van der Waals surface area contributed by atoms with Crippen LogP contribution in [0.15, 0.2) is 52.3 Å². The van der Waals surface area contributed by atoms with Gasteiger partial charge in [-0.15, -0.1) is 35.9 Å². The molecule has 2 aromatic carbocycles. The Morgan fingerprint density at radius 3 is 2.69 bits per heavy atom. The van der Waals surface area contributed by atoms with Crippen LogP contribution in [0.25, 0.3) is 10.2 Å². The minimum Gasteiger partial charge on any atom is -0.497 e. The number of hydrogen-bond donors (Lipinski definition) is 0. The van der Waals surface area contributed by atoms with E-state index in [-0.39, 0.29) is 18.3 Å². The number of aromatic nitrogens is 1. The Morgan fingerprint density at radius 1 is 1.20 bits per heavy atom. The molecule has 0 N–H and O–H groups in total. The van der Waals surface area contributed by atoms with Crippen LogP contribution in [-0.2, 0) is 9.53 Å². The standard InChI is InChI=1S/C25H31N3O3S3.ClH/c1-30-19-8-10-20(11-9-19)33-18-4-7-23(29)28(13-12-27-14-16-31-17-15-27)25-26-24-21(32-2)5-3-6-22(24)34-25;/h3,5-6,8-11H,4,7,12-18H2,1-2H3;1H. The Kier molecular flexibility index (Phi) is 11.5. The lowest BCUT2D eigenvalue weighted by atomic mass is 10.3. The quantitative estimate of drug-likeness (QED) is 0.223. The molecule has 0 unspecified atom stereocenters. The summed E-state index contributed by atoms with van der Waals surface area (Å²) in [5, 5.41) is 0.803. The van der Waals surface area contributed by atoms with Crippen LogP contribution in [0.4, 0.5) is 5.13 Å². The lowest BCUT2D eigenvalue weighted by Gasteiger charge is -2.29. The zero-order chi connectivity index (χ0) is 23.8. The summed E-state index contributed by atoms with van der Waals surface area (Å²) in [6.45, 7) is 4.83. The molecule has 1 amide bonds. The number of carbonyl (C=O) groups is 1. The summed E-state index contributed by atoms with van der Waals surface area (Å²) in [5.41, 5.74) is 0.995. The molecule has 190 valence electrons. The highest BCUT2D eigenvalue weighted by Gasteiger charge is 2.22. The maximum Gasteiger partial charge on any atom is 0.228 e. The summed E-state index contributed by atoms with van der Waals surface area (Å²) in [6.07, 6.45) is 3.40. The fourth-order valence-corrected chi connectivity index (χ4v) is 6.32. The summed E-state index contributed by atoms with van der Waals surface area (Å²) in [7, 11) is 1.67. The lowest BCUT2D eigenvalue weighted by Crippen LogP contribution is -2.43. The van der Waals surface area contributed by atoms with Crippen LogP contribution >= 0.6 is 47.3 Å². The van der Waals surface area contributed by atoms with Gasteiger partial charge in [-0.2, -0.15) is 0 Å². The maximum absolute atomic E-state index is 13.4. The van der Waals surface area contributed by atoms with Crippen molar-refractivity contribution in [2.75, 3.05) is 63.4 Å².